The highest BCUT2D eigenvalue weighted by Gasteiger charge is 2.05. The van der Waals surface area contributed by atoms with E-state index in [1.54, 1.807) is 0 Å². The molecule has 0 rings (SSSR count). The van der Waals surface area contributed by atoms with E-state index in [1.807, 2.05) is 0 Å². The van der Waals surface area contributed by atoms with E-state index in [2.05, 4.69) is 21.1 Å². The van der Waals surface area contributed by atoms with Crippen molar-refractivity contribution in [3.63, 3.8) is 0 Å². The molecule has 0 saturated heterocycles. The highest BCUT2D eigenvalue weighted by Crippen LogP contribution is 1.96. The van der Waals surface area contributed by atoms with Gasteiger partial charge in [-0.05, 0) is 0 Å². The fourth-order valence-corrected chi connectivity index (χ4v) is 1.02. The number of ether oxygens (including phenoxy) is 1. The van der Waals surface area contributed by atoms with Gasteiger partial charge >= 0.3 is 0 Å². The van der Waals surface area contributed by atoms with E-state index in [0.717, 1.165) is 11.0 Å². The van der Waals surface area contributed by atoms with Crippen LogP contribution in [-0.4, -0.2) is 97.8 Å². The Kier molecular flexibility index (Phi) is 15.5. The molecule has 4 N–H and O–H groups in total. The zero-order valence-corrected chi connectivity index (χ0v) is 13.6. The van der Waals surface area contributed by atoms with E-state index in [-0.39, 0.29) is 26.4 Å². The minimum atomic E-state index is -1.02. The van der Waals surface area contributed by atoms with E-state index in [4.69, 9.17) is 29.7 Å². The van der Waals surface area contributed by atoms with Crippen LogP contribution in [-0.2, 0) is 13.8 Å². The van der Waals surface area contributed by atoms with Gasteiger partial charge in [0, 0.05) is 0 Å². The number of aliphatic hydroxyl groups excluding tert-OH is 4. The van der Waals surface area contributed by atoms with Gasteiger partial charge in [0.15, 0.2) is 8.69 Å². The minimum Gasteiger partial charge on any atom is -0.394 e. The van der Waals surface area contributed by atoms with Crippen molar-refractivity contribution >= 4 is 8.69 Å². The molecule has 0 radical (unpaired) electrons. The van der Waals surface area contributed by atoms with Crippen LogP contribution in [0.1, 0.15) is 0 Å². The topological polar surface area (TPSA) is 116 Å². The summed E-state index contributed by atoms with van der Waals surface area (Å²) in [4.78, 5) is 0. The largest absolute Gasteiger partial charge is 0.394 e. The first-order valence-electron chi connectivity index (χ1n) is 6.28. The Labute approximate surface area is 121 Å². The van der Waals surface area contributed by atoms with Crippen LogP contribution in [0.4, 0.5) is 0 Å². The van der Waals surface area contributed by atoms with E-state index in [9.17, 15) is 4.57 Å². The first kappa shape index (κ1) is 22.2. The molecule has 0 amide bonds. The Morgan fingerprint density at radius 2 is 1.50 bits per heavy atom. The normalized spacial score (nSPS) is 14.9. The molecule has 8 nitrogen and oxygen atoms in total. The number of nitrogens with zero attached hydrogens (tertiary/aromatic N) is 1. The summed E-state index contributed by atoms with van der Waals surface area (Å²) < 4.78 is 20.2. The summed E-state index contributed by atoms with van der Waals surface area (Å²) in [7, 11) is 5.20. The van der Waals surface area contributed by atoms with E-state index >= 15 is 0 Å². The summed E-state index contributed by atoms with van der Waals surface area (Å²) in [5, 5.41) is 34.1. The average molecular weight is 318 g/mol. The maximum absolute atomic E-state index is 9.87. The van der Waals surface area contributed by atoms with Crippen LogP contribution in [0.5, 0.6) is 0 Å². The third-order valence-corrected chi connectivity index (χ3v) is 2.36. The quantitative estimate of drug-likeness (QED) is 0.211. The summed E-state index contributed by atoms with van der Waals surface area (Å²) in [5.74, 6) is 0. The zero-order valence-electron chi connectivity index (χ0n) is 12.4. The highest BCUT2D eigenvalue weighted by molar-refractivity contribution is 7.17. The highest BCUT2D eigenvalue weighted by atomic mass is 31.1. The molecule has 0 bridgehead atoms. The monoisotopic (exact) mass is 318 g/mol. The van der Waals surface area contributed by atoms with E-state index < -0.39 is 20.9 Å². The third kappa shape index (κ3) is 20.3. The van der Waals surface area contributed by atoms with Gasteiger partial charge in [0.05, 0.1) is 47.6 Å². The SMILES string of the molecule is C[N+](C)(C)CCO[PH2]=O.OCC(O)COCC(O)CO. The predicted molar refractivity (Wildman–Crippen MR) is 76.3 cm³/mol. The summed E-state index contributed by atoms with van der Waals surface area (Å²) in [6.07, 6.45) is -1.83. The first-order chi connectivity index (χ1) is 9.26. The summed E-state index contributed by atoms with van der Waals surface area (Å²) in [5.41, 5.74) is 0. The molecule has 9 heteroatoms. The van der Waals surface area contributed by atoms with Gasteiger partial charge in [-0.1, -0.05) is 0 Å². The second-order valence-corrected chi connectivity index (χ2v) is 5.72. The van der Waals surface area contributed by atoms with Crippen LogP contribution in [0, 0.1) is 0 Å². The summed E-state index contributed by atoms with van der Waals surface area (Å²) in [6, 6.07) is 0. The van der Waals surface area contributed by atoms with E-state index in [0.29, 0.717) is 6.61 Å². The van der Waals surface area contributed by atoms with Gasteiger partial charge in [0.1, 0.15) is 25.4 Å². The van der Waals surface area contributed by atoms with Crippen molar-refractivity contribution in [2.75, 3.05) is 60.7 Å². The number of likely N-dealkylation sites (N-methyl/N-ethyl adjacent to an activating group) is 1. The van der Waals surface area contributed by atoms with E-state index in [1.165, 1.54) is 0 Å². The molecule has 3 unspecified atom stereocenters. The van der Waals surface area contributed by atoms with Crippen molar-refractivity contribution in [3.8, 4) is 0 Å². The van der Waals surface area contributed by atoms with Crippen LogP contribution in [0.25, 0.3) is 0 Å². The Balaban J connectivity index is 0. The van der Waals surface area contributed by atoms with Gasteiger partial charge in [0.25, 0.3) is 0 Å². The third-order valence-electron chi connectivity index (χ3n) is 1.99. The Morgan fingerprint density at radius 3 is 1.80 bits per heavy atom. The Morgan fingerprint density at radius 1 is 1.05 bits per heavy atom. The molecule has 0 fully saturated rings. The lowest BCUT2D eigenvalue weighted by Crippen LogP contribution is -2.37. The Bertz CT molecular complexity index is 215. The molecule has 0 heterocycles. The molecule has 0 spiro atoms. The average Bonchev–Trinajstić information content (AvgIpc) is 2.38. The smallest absolute Gasteiger partial charge is 0.180 e. The standard InChI is InChI=1S/C6H14O5.C5H15NO2P/c7-1-5(9)3-11-4-6(10)2-8;1-6(2,3)4-5-8-9-7/h5-10H,1-4H2;4-5,9H2,1-3H3/q;+1. The number of rotatable bonds is 10. The molecule has 0 aromatic carbocycles. The molecule has 20 heavy (non-hydrogen) atoms. The maximum Gasteiger partial charge on any atom is 0.180 e. The van der Waals surface area contributed by atoms with Crippen molar-refractivity contribution in [1.82, 2.24) is 0 Å². The van der Waals surface area contributed by atoms with Gasteiger partial charge in [-0.2, -0.15) is 0 Å². The molecule has 0 aromatic rings. The fourth-order valence-electron chi connectivity index (χ4n) is 0.820. The minimum absolute atomic E-state index is 0.0342. The molecular formula is C11H29NO7P+. The van der Waals surface area contributed by atoms with Gasteiger partial charge in [-0.25, -0.2) is 0 Å². The molecule has 0 saturated carbocycles. The number of hydrogen-bond acceptors (Lipinski definition) is 7. The summed E-state index contributed by atoms with van der Waals surface area (Å²) >= 11 is 0. The van der Waals surface area contributed by atoms with Crippen molar-refractivity contribution in [2.45, 2.75) is 12.2 Å². The molecule has 0 aromatic heterocycles. The van der Waals surface area contributed by atoms with Gasteiger partial charge in [-0.3, -0.25) is 4.57 Å². The molecular weight excluding hydrogens is 289 g/mol. The lowest BCUT2D eigenvalue weighted by Gasteiger charge is -2.22. The first-order valence-corrected chi connectivity index (χ1v) is 7.22. The van der Waals surface area contributed by atoms with Crippen molar-refractivity contribution in [2.24, 2.45) is 0 Å². The fraction of sp³-hybridized carbons (Fsp3) is 1.00. The lowest BCUT2D eigenvalue weighted by atomic mass is 10.4. The van der Waals surface area contributed by atoms with Crippen LogP contribution >= 0.6 is 8.69 Å². The number of aliphatic hydroxyl groups is 4. The molecule has 0 aliphatic rings. The van der Waals surface area contributed by atoms with Crippen molar-refractivity contribution in [3.05, 3.63) is 0 Å². The second kappa shape index (κ2) is 13.9. The van der Waals surface area contributed by atoms with Gasteiger partial charge < -0.3 is 34.2 Å². The van der Waals surface area contributed by atoms with Crippen LogP contribution in [0.3, 0.4) is 0 Å². The molecule has 0 aliphatic heterocycles. The number of quaternary nitrogens is 1. The van der Waals surface area contributed by atoms with Gasteiger partial charge in [-0.15, -0.1) is 0 Å². The van der Waals surface area contributed by atoms with Crippen molar-refractivity contribution < 1.29 is 38.7 Å². The lowest BCUT2D eigenvalue weighted by molar-refractivity contribution is -0.870. The summed E-state index contributed by atoms with van der Waals surface area (Å²) in [6.45, 7) is 0.711. The molecule has 3 atom stereocenters. The maximum atomic E-state index is 9.87. The molecule has 124 valence electrons. The number of hydrogen-bond donors (Lipinski definition) is 4. The Hall–Kier alpha value is -0.0500. The van der Waals surface area contributed by atoms with Crippen LogP contribution in [0.2, 0.25) is 0 Å². The predicted octanol–water partition coefficient (Wildman–Crippen LogP) is -1.91. The second-order valence-electron chi connectivity index (χ2n) is 5.19. The van der Waals surface area contributed by atoms with Crippen LogP contribution in [0.15, 0.2) is 0 Å². The zero-order chi connectivity index (χ0) is 16.0. The van der Waals surface area contributed by atoms with Gasteiger partial charge in [0.2, 0.25) is 0 Å². The van der Waals surface area contributed by atoms with Crippen LogP contribution < -0.4 is 0 Å². The van der Waals surface area contributed by atoms with Crippen molar-refractivity contribution in [1.29, 1.82) is 0 Å². The molecule has 0 aliphatic carbocycles.